The van der Waals surface area contributed by atoms with Crippen LogP contribution < -0.4 is 5.32 Å². The molecule has 0 aliphatic heterocycles. The van der Waals surface area contributed by atoms with E-state index in [4.69, 9.17) is 5.11 Å². The maximum absolute atomic E-state index is 10.7. The van der Waals surface area contributed by atoms with Crippen LogP contribution in [-0.4, -0.2) is 47.1 Å². The average Bonchev–Trinajstić information content (AvgIpc) is 2.82. The zero-order valence-electron chi connectivity index (χ0n) is 11.1. The molecule has 2 N–H and O–H groups in total. The molecule has 0 aromatic carbocycles. The summed E-state index contributed by atoms with van der Waals surface area (Å²) >= 11 is 1.17. The second-order valence-corrected chi connectivity index (χ2v) is 5.22. The molecular formula is C12H21N3O2S. The van der Waals surface area contributed by atoms with Crippen molar-refractivity contribution in [1.82, 2.24) is 15.2 Å². The van der Waals surface area contributed by atoms with Crippen LogP contribution in [-0.2, 0) is 6.54 Å². The fourth-order valence-electron chi connectivity index (χ4n) is 1.49. The number of thiazole rings is 1. The predicted molar refractivity (Wildman–Crippen MR) is 73.2 cm³/mol. The number of hydrogen-bond acceptors (Lipinski definition) is 5. The predicted octanol–water partition coefficient (Wildman–Crippen LogP) is 1.66. The number of nitrogens with one attached hydrogen (secondary N) is 1. The Morgan fingerprint density at radius 1 is 1.67 bits per heavy atom. The molecule has 0 aliphatic rings. The molecule has 6 heteroatoms. The van der Waals surface area contributed by atoms with E-state index < -0.39 is 5.97 Å². The van der Waals surface area contributed by atoms with E-state index in [0.29, 0.717) is 12.6 Å². The van der Waals surface area contributed by atoms with E-state index in [1.54, 1.807) is 5.38 Å². The van der Waals surface area contributed by atoms with Crippen molar-refractivity contribution in [3.05, 3.63) is 16.1 Å². The number of carboxylic acids is 1. The molecule has 1 atom stereocenters. The molecule has 1 aromatic heterocycles. The molecule has 5 nitrogen and oxygen atoms in total. The zero-order chi connectivity index (χ0) is 13.5. The molecule has 1 aromatic rings. The minimum atomic E-state index is -0.956. The van der Waals surface area contributed by atoms with Gasteiger partial charge >= 0.3 is 5.97 Å². The van der Waals surface area contributed by atoms with Crippen molar-refractivity contribution < 1.29 is 9.90 Å². The van der Waals surface area contributed by atoms with Crippen LogP contribution in [0.4, 0.5) is 0 Å². The molecule has 0 radical (unpaired) electrons. The standard InChI is InChI=1S/C12H21N3O2S/c1-4-9(2)15(3)6-5-13-7-10-8-18-11(14-10)12(16)17/h8-9,13H,4-7H2,1-3H3,(H,16,17). The third-order valence-electron chi connectivity index (χ3n) is 3.03. The Kier molecular flexibility index (Phi) is 6.24. The smallest absolute Gasteiger partial charge is 0.365 e. The molecule has 18 heavy (non-hydrogen) atoms. The topological polar surface area (TPSA) is 65.5 Å². The van der Waals surface area contributed by atoms with Gasteiger partial charge in [0.2, 0.25) is 5.01 Å². The van der Waals surface area contributed by atoms with Gasteiger partial charge in [0.1, 0.15) is 0 Å². The van der Waals surface area contributed by atoms with Gasteiger partial charge in [-0.05, 0) is 20.4 Å². The van der Waals surface area contributed by atoms with Crippen molar-refractivity contribution in [3.63, 3.8) is 0 Å². The van der Waals surface area contributed by atoms with E-state index in [1.807, 2.05) is 0 Å². The average molecular weight is 271 g/mol. The molecule has 0 aliphatic carbocycles. The first-order valence-corrected chi connectivity index (χ1v) is 7.01. The highest BCUT2D eigenvalue weighted by Crippen LogP contribution is 2.09. The van der Waals surface area contributed by atoms with Crippen LogP contribution in [0.25, 0.3) is 0 Å². The van der Waals surface area contributed by atoms with Crippen LogP contribution in [0.15, 0.2) is 5.38 Å². The van der Waals surface area contributed by atoms with Crippen molar-refractivity contribution >= 4 is 17.3 Å². The number of carbonyl (C=O) groups is 1. The van der Waals surface area contributed by atoms with Crippen molar-refractivity contribution in [1.29, 1.82) is 0 Å². The van der Waals surface area contributed by atoms with Gasteiger partial charge in [-0.1, -0.05) is 6.92 Å². The Morgan fingerprint density at radius 3 is 2.94 bits per heavy atom. The number of aromatic nitrogens is 1. The molecule has 0 saturated heterocycles. The van der Waals surface area contributed by atoms with Crippen LogP contribution in [0, 0.1) is 0 Å². The number of hydrogen-bond donors (Lipinski definition) is 2. The monoisotopic (exact) mass is 271 g/mol. The molecular weight excluding hydrogens is 250 g/mol. The fraction of sp³-hybridized carbons (Fsp3) is 0.667. The Balaban J connectivity index is 2.23. The maximum Gasteiger partial charge on any atom is 0.365 e. The maximum atomic E-state index is 10.7. The lowest BCUT2D eigenvalue weighted by Crippen LogP contribution is -2.34. The molecule has 0 saturated carbocycles. The summed E-state index contributed by atoms with van der Waals surface area (Å²) in [5, 5.41) is 14.0. The van der Waals surface area contributed by atoms with Crippen LogP contribution in [0.3, 0.4) is 0 Å². The van der Waals surface area contributed by atoms with E-state index in [0.717, 1.165) is 25.2 Å². The molecule has 0 bridgehead atoms. The summed E-state index contributed by atoms with van der Waals surface area (Å²) < 4.78 is 0. The van der Waals surface area contributed by atoms with Crippen molar-refractivity contribution in [2.45, 2.75) is 32.9 Å². The molecule has 1 rings (SSSR count). The first kappa shape index (κ1) is 15.1. The Morgan fingerprint density at radius 2 is 2.39 bits per heavy atom. The summed E-state index contributed by atoms with van der Waals surface area (Å²) in [6.07, 6.45) is 1.14. The second kappa shape index (κ2) is 7.45. The first-order chi connectivity index (χ1) is 8.54. The summed E-state index contributed by atoms with van der Waals surface area (Å²) in [4.78, 5) is 17.0. The molecule has 102 valence electrons. The molecule has 1 unspecified atom stereocenters. The van der Waals surface area contributed by atoms with Crippen molar-refractivity contribution in [2.24, 2.45) is 0 Å². The van der Waals surface area contributed by atoms with Gasteiger partial charge < -0.3 is 15.3 Å². The van der Waals surface area contributed by atoms with Gasteiger partial charge in [-0.2, -0.15) is 0 Å². The van der Waals surface area contributed by atoms with Crippen LogP contribution in [0.2, 0.25) is 0 Å². The second-order valence-electron chi connectivity index (χ2n) is 4.36. The molecule has 0 spiro atoms. The number of rotatable bonds is 8. The number of carboxylic acid groups (broad SMARTS) is 1. The van der Waals surface area contributed by atoms with E-state index >= 15 is 0 Å². The summed E-state index contributed by atoms with van der Waals surface area (Å²) in [5.41, 5.74) is 0.795. The molecule has 1 heterocycles. The van der Waals surface area contributed by atoms with Gasteiger partial charge in [-0.25, -0.2) is 9.78 Å². The molecule has 0 amide bonds. The van der Waals surface area contributed by atoms with Crippen LogP contribution >= 0.6 is 11.3 Å². The fourth-order valence-corrected chi connectivity index (χ4v) is 2.14. The van der Waals surface area contributed by atoms with Gasteiger partial charge in [-0.15, -0.1) is 11.3 Å². The van der Waals surface area contributed by atoms with Crippen LogP contribution in [0.1, 0.15) is 35.8 Å². The zero-order valence-corrected chi connectivity index (χ0v) is 12.0. The van der Waals surface area contributed by atoms with Gasteiger partial charge in [0.05, 0.1) is 5.69 Å². The Labute approximate surface area is 112 Å². The summed E-state index contributed by atoms with van der Waals surface area (Å²) in [6.45, 7) is 6.86. The highest BCUT2D eigenvalue weighted by Gasteiger charge is 2.09. The van der Waals surface area contributed by atoms with Crippen LogP contribution in [0.5, 0.6) is 0 Å². The quantitative estimate of drug-likeness (QED) is 0.704. The van der Waals surface area contributed by atoms with Gasteiger partial charge in [-0.3, -0.25) is 0 Å². The Hall–Kier alpha value is -0.980. The van der Waals surface area contributed by atoms with Crippen molar-refractivity contribution in [3.8, 4) is 0 Å². The Bertz CT molecular complexity index is 381. The van der Waals surface area contributed by atoms with Gasteiger partial charge in [0.15, 0.2) is 0 Å². The highest BCUT2D eigenvalue weighted by atomic mass is 32.1. The summed E-state index contributed by atoms with van der Waals surface area (Å²) in [6, 6.07) is 0.588. The van der Waals surface area contributed by atoms with E-state index in [9.17, 15) is 4.79 Å². The third-order valence-corrected chi connectivity index (χ3v) is 3.90. The SMILES string of the molecule is CCC(C)N(C)CCNCc1csc(C(=O)O)n1. The minimum absolute atomic E-state index is 0.156. The normalized spacial score (nSPS) is 12.9. The largest absolute Gasteiger partial charge is 0.476 e. The van der Waals surface area contributed by atoms with E-state index in [-0.39, 0.29) is 5.01 Å². The lowest BCUT2D eigenvalue weighted by Gasteiger charge is -2.23. The van der Waals surface area contributed by atoms with Gasteiger partial charge in [0, 0.05) is 31.1 Å². The lowest BCUT2D eigenvalue weighted by molar-refractivity contribution is 0.0696. The van der Waals surface area contributed by atoms with E-state index in [2.05, 4.69) is 36.1 Å². The van der Waals surface area contributed by atoms with Gasteiger partial charge in [0.25, 0.3) is 0 Å². The lowest BCUT2D eigenvalue weighted by atomic mass is 10.2. The van der Waals surface area contributed by atoms with E-state index in [1.165, 1.54) is 11.3 Å². The number of nitrogens with zero attached hydrogens (tertiary/aromatic N) is 2. The first-order valence-electron chi connectivity index (χ1n) is 6.13. The number of likely N-dealkylation sites (N-methyl/N-ethyl adjacent to an activating group) is 1. The van der Waals surface area contributed by atoms with Crippen molar-refractivity contribution in [2.75, 3.05) is 20.1 Å². The summed E-state index contributed by atoms with van der Waals surface area (Å²) in [5.74, 6) is -0.956. The number of aromatic carboxylic acids is 1. The third kappa shape index (κ3) is 4.72. The molecule has 0 fully saturated rings. The minimum Gasteiger partial charge on any atom is -0.476 e. The summed E-state index contributed by atoms with van der Waals surface area (Å²) in [7, 11) is 2.11. The highest BCUT2D eigenvalue weighted by molar-refractivity contribution is 7.11.